The van der Waals surface area contributed by atoms with Crippen molar-refractivity contribution in [3.63, 3.8) is 0 Å². The minimum absolute atomic E-state index is 0.119. The fourth-order valence-electron chi connectivity index (χ4n) is 2.59. The minimum Gasteiger partial charge on any atom is -0.326 e. The average molecular weight is 274 g/mol. The van der Waals surface area contributed by atoms with Gasteiger partial charge in [0.05, 0.1) is 5.41 Å². The predicted octanol–water partition coefficient (Wildman–Crippen LogP) is 3.31. The third-order valence-corrected chi connectivity index (χ3v) is 4.15. The molecule has 0 spiro atoms. The Morgan fingerprint density at radius 3 is 2.40 bits per heavy atom. The van der Waals surface area contributed by atoms with Crippen LogP contribution in [-0.2, 0) is 10.2 Å². The lowest BCUT2D eigenvalue weighted by Gasteiger charge is -2.32. The number of carbonyl (C=O) groups is 1. The lowest BCUT2D eigenvalue weighted by molar-refractivity contribution is -0.125. The fraction of sp³-hybridized carbons (Fsp3) is 0.588. The number of anilines is 1. The summed E-state index contributed by atoms with van der Waals surface area (Å²) in [5.74, 6) is 0.119. The highest BCUT2D eigenvalue weighted by molar-refractivity contribution is 5.95. The molecule has 1 heterocycles. The molecule has 110 valence electrons. The molecule has 1 aromatic carbocycles. The second-order valence-corrected chi connectivity index (χ2v) is 7.12. The van der Waals surface area contributed by atoms with E-state index in [1.807, 2.05) is 19.1 Å². The molecule has 3 heteroatoms. The van der Waals surface area contributed by atoms with E-state index in [0.29, 0.717) is 0 Å². The highest BCUT2D eigenvalue weighted by atomic mass is 16.2. The van der Waals surface area contributed by atoms with Crippen molar-refractivity contribution in [1.82, 2.24) is 5.32 Å². The van der Waals surface area contributed by atoms with Gasteiger partial charge in [0.1, 0.15) is 0 Å². The molecule has 0 aliphatic carbocycles. The van der Waals surface area contributed by atoms with Crippen molar-refractivity contribution >= 4 is 11.6 Å². The van der Waals surface area contributed by atoms with Gasteiger partial charge in [0.15, 0.2) is 0 Å². The molecule has 0 radical (unpaired) electrons. The van der Waals surface area contributed by atoms with Crippen LogP contribution >= 0.6 is 0 Å². The lowest BCUT2D eigenvalue weighted by atomic mass is 9.82. The minimum atomic E-state index is -0.291. The van der Waals surface area contributed by atoms with Crippen LogP contribution in [0.4, 0.5) is 5.69 Å². The zero-order chi connectivity index (χ0) is 14.8. The second-order valence-electron chi connectivity index (χ2n) is 7.12. The van der Waals surface area contributed by atoms with Crippen LogP contribution in [0.15, 0.2) is 24.3 Å². The number of rotatable bonds is 2. The SMILES string of the molecule is CC1(C(=O)Nc2ccc(C(C)(C)C)cc2)CCCNC1. The maximum absolute atomic E-state index is 12.4. The summed E-state index contributed by atoms with van der Waals surface area (Å²) in [6.07, 6.45) is 2.01. The van der Waals surface area contributed by atoms with Crippen molar-refractivity contribution in [2.24, 2.45) is 5.41 Å². The van der Waals surface area contributed by atoms with Crippen LogP contribution in [0.5, 0.6) is 0 Å². The van der Waals surface area contributed by atoms with Gasteiger partial charge < -0.3 is 10.6 Å². The smallest absolute Gasteiger partial charge is 0.231 e. The molecule has 2 rings (SSSR count). The van der Waals surface area contributed by atoms with E-state index < -0.39 is 0 Å². The average Bonchev–Trinajstić information content (AvgIpc) is 2.39. The largest absolute Gasteiger partial charge is 0.326 e. The normalized spacial score (nSPS) is 23.4. The van der Waals surface area contributed by atoms with E-state index in [0.717, 1.165) is 31.6 Å². The Hall–Kier alpha value is -1.35. The molecule has 1 aliphatic heterocycles. The van der Waals surface area contributed by atoms with Gasteiger partial charge in [-0.15, -0.1) is 0 Å². The van der Waals surface area contributed by atoms with Crippen molar-refractivity contribution in [2.75, 3.05) is 18.4 Å². The Morgan fingerprint density at radius 1 is 1.25 bits per heavy atom. The number of amides is 1. The first-order valence-corrected chi connectivity index (χ1v) is 7.44. The zero-order valence-corrected chi connectivity index (χ0v) is 13.0. The standard InChI is InChI=1S/C17H26N2O/c1-16(2,3)13-6-8-14(9-7-13)19-15(20)17(4)10-5-11-18-12-17/h6-9,18H,5,10-12H2,1-4H3,(H,19,20). The third kappa shape index (κ3) is 3.40. The van der Waals surface area contributed by atoms with Gasteiger partial charge in [-0.1, -0.05) is 32.9 Å². The molecule has 0 saturated carbocycles. The van der Waals surface area contributed by atoms with Crippen LogP contribution in [0, 0.1) is 5.41 Å². The van der Waals surface area contributed by atoms with Crippen LogP contribution < -0.4 is 10.6 Å². The van der Waals surface area contributed by atoms with Gasteiger partial charge in [-0.05, 0) is 49.4 Å². The number of hydrogen-bond acceptors (Lipinski definition) is 2. The Balaban J connectivity index is 2.04. The summed E-state index contributed by atoms with van der Waals surface area (Å²) >= 11 is 0. The summed E-state index contributed by atoms with van der Waals surface area (Å²) in [5, 5.41) is 6.36. The van der Waals surface area contributed by atoms with Crippen LogP contribution in [0.2, 0.25) is 0 Å². The highest BCUT2D eigenvalue weighted by Gasteiger charge is 2.34. The monoisotopic (exact) mass is 274 g/mol. The van der Waals surface area contributed by atoms with E-state index in [1.54, 1.807) is 0 Å². The van der Waals surface area contributed by atoms with Crippen LogP contribution in [0.1, 0.15) is 46.1 Å². The van der Waals surface area contributed by atoms with Gasteiger partial charge in [0, 0.05) is 12.2 Å². The van der Waals surface area contributed by atoms with E-state index in [-0.39, 0.29) is 16.7 Å². The fourth-order valence-corrected chi connectivity index (χ4v) is 2.59. The van der Waals surface area contributed by atoms with Crippen LogP contribution in [0.25, 0.3) is 0 Å². The van der Waals surface area contributed by atoms with Crippen molar-refractivity contribution in [1.29, 1.82) is 0 Å². The first kappa shape index (κ1) is 15.0. The predicted molar refractivity (Wildman–Crippen MR) is 84.0 cm³/mol. The van der Waals surface area contributed by atoms with E-state index >= 15 is 0 Å². The van der Waals surface area contributed by atoms with E-state index in [1.165, 1.54) is 5.56 Å². The number of benzene rings is 1. The summed E-state index contributed by atoms with van der Waals surface area (Å²) in [4.78, 5) is 12.4. The third-order valence-electron chi connectivity index (χ3n) is 4.15. The van der Waals surface area contributed by atoms with Gasteiger partial charge in [-0.2, -0.15) is 0 Å². The molecule has 1 aromatic rings. The first-order valence-electron chi connectivity index (χ1n) is 7.44. The molecular weight excluding hydrogens is 248 g/mol. The van der Waals surface area contributed by atoms with Gasteiger partial charge in [-0.25, -0.2) is 0 Å². The van der Waals surface area contributed by atoms with Crippen molar-refractivity contribution in [2.45, 2.75) is 46.0 Å². The Morgan fingerprint density at radius 2 is 1.90 bits per heavy atom. The lowest BCUT2D eigenvalue weighted by Crippen LogP contribution is -2.46. The summed E-state index contributed by atoms with van der Waals surface area (Å²) in [6, 6.07) is 8.18. The summed E-state index contributed by atoms with van der Waals surface area (Å²) in [7, 11) is 0. The molecule has 0 aromatic heterocycles. The Kier molecular flexibility index (Phi) is 4.19. The zero-order valence-electron chi connectivity index (χ0n) is 13.0. The van der Waals surface area contributed by atoms with E-state index in [9.17, 15) is 4.79 Å². The molecule has 3 nitrogen and oxygen atoms in total. The van der Waals surface area contributed by atoms with Crippen LogP contribution in [0.3, 0.4) is 0 Å². The van der Waals surface area contributed by atoms with Crippen molar-refractivity contribution in [3.05, 3.63) is 29.8 Å². The van der Waals surface area contributed by atoms with Gasteiger partial charge in [-0.3, -0.25) is 4.79 Å². The molecule has 1 unspecified atom stereocenters. The molecule has 1 saturated heterocycles. The van der Waals surface area contributed by atoms with E-state index in [4.69, 9.17) is 0 Å². The second kappa shape index (κ2) is 5.57. The first-order chi connectivity index (χ1) is 9.31. The summed E-state index contributed by atoms with van der Waals surface area (Å²) < 4.78 is 0. The topological polar surface area (TPSA) is 41.1 Å². The number of hydrogen-bond donors (Lipinski definition) is 2. The van der Waals surface area contributed by atoms with E-state index in [2.05, 4.69) is 43.5 Å². The summed E-state index contributed by atoms with van der Waals surface area (Å²) in [6.45, 7) is 10.4. The van der Waals surface area contributed by atoms with Crippen LogP contribution in [-0.4, -0.2) is 19.0 Å². The Labute approximate surface area is 122 Å². The molecule has 1 fully saturated rings. The van der Waals surface area contributed by atoms with Crippen molar-refractivity contribution in [3.8, 4) is 0 Å². The van der Waals surface area contributed by atoms with Crippen molar-refractivity contribution < 1.29 is 4.79 Å². The van der Waals surface area contributed by atoms with Gasteiger partial charge in [0.25, 0.3) is 0 Å². The maximum atomic E-state index is 12.4. The molecule has 1 atom stereocenters. The Bertz CT molecular complexity index is 465. The molecular formula is C17H26N2O. The quantitative estimate of drug-likeness (QED) is 0.868. The number of nitrogens with one attached hydrogen (secondary N) is 2. The van der Waals surface area contributed by atoms with Gasteiger partial charge in [0.2, 0.25) is 5.91 Å². The molecule has 1 amide bonds. The van der Waals surface area contributed by atoms with Gasteiger partial charge >= 0.3 is 0 Å². The molecule has 20 heavy (non-hydrogen) atoms. The highest BCUT2D eigenvalue weighted by Crippen LogP contribution is 2.28. The molecule has 2 N–H and O–H groups in total. The molecule has 1 aliphatic rings. The molecule has 0 bridgehead atoms. The maximum Gasteiger partial charge on any atom is 0.231 e. The number of carbonyl (C=O) groups excluding carboxylic acids is 1. The number of piperidine rings is 1. The summed E-state index contributed by atoms with van der Waals surface area (Å²) in [5.41, 5.74) is 2.01.